The Labute approximate surface area is 177 Å². The number of nitrogens with zero attached hydrogens (tertiary/aromatic N) is 1. The van der Waals surface area contributed by atoms with Crippen molar-refractivity contribution in [3.63, 3.8) is 0 Å². The molecule has 0 saturated heterocycles. The van der Waals surface area contributed by atoms with Crippen LogP contribution < -0.4 is 0 Å². The van der Waals surface area contributed by atoms with Gasteiger partial charge in [-0.1, -0.05) is 41.9 Å². The van der Waals surface area contributed by atoms with Gasteiger partial charge in [-0.3, -0.25) is 14.5 Å². The zero-order valence-corrected chi connectivity index (χ0v) is 18.5. The Morgan fingerprint density at radius 2 is 1.62 bits per heavy atom. The summed E-state index contributed by atoms with van der Waals surface area (Å²) in [5, 5.41) is 0. The molecular formula is C21H30ClNO6. The van der Waals surface area contributed by atoms with E-state index >= 15 is 0 Å². The van der Waals surface area contributed by atoms with Crippen LogP contribution in [0, 0.1) is 5.41 Å². The molecule has 0 heterocycles. The smallest absolute Gasteiger partial charge is 0.411 e. The summed E-state index contributed by atoms with van der Waals surface area (Å²) in [6, 6.07) is 9.01. The van der Waals surface area contributed by atoms with E-state index < -0.39 is 29.0 Å². The average Bonchev–Trinajstić information content (AvgIpc) is 2.62. The molecule has 1 rings (SSSR count). The fourth-order valence-corrected chi connectivity index (χ4v) is 2.43. The minimum Gasteiger partial charge on any atom is -0.460 e. The van der Waals surface area contributed by atoms with Gasteiger partial charge >= 0.3 is 18.0 Å². The van der Waals surface area contributed by atoms with Crippen LogP contribution in [-0.2, 0) is 30.4 Å². The molecular weight excluding hydrogens is 398 g/mol. The average molecular weight is 428 g/mol. The Morgan fingerprint density at radius 3 is 2.17 bits per heavy atom. The Balaban J connectivity index is 2.67. The van der Waals surface area contributed by atoms with Gasteiger partial charge in [-0.15, -0.1) is 0 Å². The lowest BCUT2D eigenvalue weighted by Crippen LogP contribution is -2.41. The van der Waals surface area contributed by atoms with Crippen molar-refractivity contribution in [3.05, 3.63) is 35.9 Å². The topological polar surface area (TPSA) is 82.1 Å². The maximum atomic E-state index is 12.5. The number of hydrogen-bond donors (Lipinski definition) is 0. The van der Waals surface area contributed by atoms with Gasteiger partial charge in [0.05, 0.1) is 5.41 Å². The molecule has 0 atom stereocenters. The number of esters is 2. The van der Waals surface area contributed by atoms with E-state index in [0.29, 0.717) is 0 Å². The first kappa shape index (κ1) is 24.8. The van der Waals surface area contributed by atoms with Gasteiger partial charge < -0.3 is 14.2 Å². The van der Waals surface area contributed by atoms with Crippen molar-refractivity contribution in [2.45, 2.75) is 53.2 Å². The number of rotatable bonds is 9. The highest BCUT2D eigenvalue weighted by Crippen LogP contribution is 2.24. The summed E-state index contributed by atoms with van der Waals surface area (Å²) >= 11 is 5.46. The third-order valence-electron chi connectivity index (χ3n) is 3.95. The number of ether oxygens (including phenoxy) is 3. The predicted octanol–water partition coefficient (Wildman–Crippen LogP) is 4.12. The molecule has 0 saturated carbocycles. The Bertz CT molecular complexity index is 684. The van der Waals surface area contributed by atoms with Crippen LogP contribution in [-0.4, -0.2) is 47.7 Å². The van der Waals surface area contributed by atoms with Crippen molar-refractivity contribution in [1.29, 1.82) is 0 Å². The third-order valence-corrected chi connectivity index (χ3v) is 4.06. The summed E-state index contributed by atoms with van der Waals surface area (Å²) in [5.41, 5.74) is -0.670. The first-order valence-corrected chi connectivity index (χ1v) is 9.89. The van der Waals surface area contributed by atoms with Crippen LogP contribution in [0.5, 0.6) is 0 Å². The molecule has 0 bridgehead atoms. The van der Waals surface area contributed by atoms with E-state index in [2.05, 4.69) is 0 Å². The Kier molecular flexibility index (Phi) is 9.43. The molecule has 0 N–H and O–H groups in total. The predicted molar refractivity (Wildman–Crippen MR) is 109 cm³/mol. The van der Waals surface area contributed by atoms with Crippen molar-refractivity contribution in [3.8, 4) is 0 Å². The van der Waals surface area contributed by atoms with Gasteiger partial charge in [-0.05, 0) is 46.6 Å². The lowest BCUT2D eigenvalue weighted by molar-refractivity contribution is -0.156. The largest absolute Gasteiger partial charge is 0.460 e. The third kappa shape index (κ3) is 9.65. The van der Waals surface area contributed by atoms with Crippen LogP contribution in [0.15, 0.2) is 30.3 Å². The molecule has 0 fully saturated rings. The molecule has 8 heteroatoms. The number of amides is 1. The standard InChI is InChI=1S/C21H30ClNO6/c1-20(2,3)29-17(24)13-23(19(26)28-15-22)12-11-21(4,5)18(25)27-14-16-9-7-6-8-10-16/h6-10H,11-15H2,1-5H3. The van der Waals surface area contributed by atoms with Crippen molar-refractivity contribution < 1.29 is 28.6 Å². The number of benzene rings is 1. The van der Waals surface area contributed by atoms with Crippen LogP contribution in [0.1, 0.15) is 46.6 Å². The first-order chi connectivity index (χ1) is 13.4. The van der Waals surface area contributed by atoms with Crippen LogP contribution in [0.3, 0.4) is 0 Å². The van der Waals surface area contributed by atoms with Gasteiger partial charge in [0.15, 0.2) is 6.07 Å². The van der Waals surface area contributed by atoms with Crippen LogP contribution in [0.2, 0.25) is 0 Å². The van der Waals surface area contributed by atoms with Crippen molar-refractivity contribution in [1.82, 2.24) is 4.90 Å². The maximum Gasteiger partial charge on any atom is 0.411 e. The number of carbonyl (C=O) groups is 3. The molecule has 1 aromatic carbocycles. The van der Waals surface area contributed by atoms with E-state index in [4.69, 9.17) is 25.8 Å². The highest BCUT2D eigenvalue weighted by atomic mass is 35.5. The lowest BCUT2D eigenvalue weighted by atomic mass is 9.89. The second kappa shape index (κ2) is 11.0. The van der Waals surface area contributed by atoms with E-state index in [9.17, 15) is 14.4 Å². The van der Waals surface area contributed by atoms with Gasteiger partial charge in [0.25, 0.3) is 0 Å². The SMILES string of the molecule is CC(C)(C)OC(=O)CN(CCC(C)(C)C(=O)OCc1ccccc1)C(=O)OCCl. The van der Waals surface area contributed by atoms with Crippen LogP contribution in [0.25, 0.3) is 0 Å². The molecule has 1 amide bonds. The Morgan fingerprint density at radius 1 is 1.00 bits per heavy atom. The van der Waals surface area contributed by atoms with Gasteiger partial charge in [0.2, 0.25) is 0 Å². The van der Waals surface area contributed by atoms with Gasteiger partial charge in [0, 0.05) is 6.54 Å². The van der Waals surface area contributed by atoms with Crippen molar-refractivity contribution >= 4 is 29.6 Å². The number of carbonyl (C=O) groups excluding carboxylic acids is 3. The zero-order chi connectivity index (χ0) is 22.1. The molecule has 0 aliphatic rings. The molecule has 0 unspecified atom stereocenters. The monoisotopic (exact) mass is 427 g/mol. The lowest BCUT2D eigenvalue weighted by Gasteiger charge is -2.28. The summed E-state index contributed by atoms with van der Waals surface area (Å²) in [5.74, 6) is -0.974. The molecule has 0 radical (unpaired) electrons. The first-order valence-electron chi connectivity index (χ1n) is 9.35. The highest BCUT2D eigenvalue weighted by molar-refractivity contribution is 6.17. The van der Waals surface area contributed by atoms with E-state index in [0.717, 1.165) is 5.56 Å². The quantitative estimate of drug-likeness (QED) is 0.335. The second-order valence-electron chi connectivity index (χ2n) is 8.22. The van der Waals surface area contributed by atoms with Crippen molar-refractivity contribution in [2.75, 3.05) is 19.2 Å². The number of alkyl halides is 1. The molecule has 0 aromatic heterocycles. The van der Waals surface area contributed by atoms with Crippen LogP contribution >= 0.6 is 11.6 Å². The number of hydrogen-bond acceptors (Lipinski definition) is 6. The molecule has 0 spiro atoms. The van der Waals surface area contributed by atoms with Crippen molar-refractivity contribution in [2.24, 2.45) is 5.41 Å². The summed E-state index contributed by atoms with van der Waals surface area (Å²) < 4.78 is 15.4. The van der Waals surface area contributed by atoms with E-state index in [1.54, 1.807) is 34.6 Å². The van der Waals surface area contributed by atoms with Crippen LogP contribution in [0.4, 0.5) is 4.79 Å². The fraction of sp³-hybridized carbons (Fsp3) is 0.571. The fourth-order valence-electron chi connectivity index (χ4n) is 2.34. The maximum absolute atomic E-state index is 12.5. The summed E-state index contributed by atoms with van der Waals surface area (Å²) in [7, 11) is 0. The second-order valence-corrected chi connectivity index (χ2v) is 8.44. The van der Waals surface area contributed by atoms with E-state index in [-0.39, 0.29) is 32.2 Å². The molecule has 0 aliphatic heterocycles. The zero-order valence-electron chi connectivity index (χ0n) is 17.7. The van der Waals surface area contributed by atoms with Gasteiger partial charge in [-0.25, -0.2) is 4.79 Å². The minimum absolute atomic E-state index is 0.0996. The van der Waals surface area contributed by atoms with Gasteiger partial charge in [-0.2, -0.15) is 0 Å². The van der Waals surface area contributed by atoms with Gasteiger partial charge in [0.1, 0.15) is 18.8 Å². The summed E-state index contributed by atoms with van der Waals surface area (Å²) in [4.78, 5) is 37.9. The summed E-state index contributed by atoms with van der Waals surface area (Å²) in [6.07, 6.45) is -0.486. The minimum atomic E-state index is -0.873. The summed E-state index contributed by atoms with van der Waals surface area (Å²) in [6.45, 7) is 8.61. The molecule has 1 aromatic rings. The molecule has 7 nitrogen and oxygen atoms in total. The van der Waals surface area contributed by atoms with E-state index in [1.165, 1.54) is 4.90 Å². The molecule has 0 aliphatic carbocycles. The number of halogens is 1. The normalized spacial score (nSPS) is 11.5. The molecule has 162 valence electrons. The Hall–Kier alpha value is -2.28. The molecule has 29 heavy (non-hydrogen) atoms. The van der Waals surface area contributed by atoms with E-state index in [1.807, 2.05) is 30.3 Å². The highest BCUT2D eigenvalue weighted by Gasteiger charge is 2.32.